The third-order valence-electron chi connectivity index (χ3n) is 4.23. The molecule has 1 unspecified atom stereocenters. The van der Waals surface area contributed by atoms with E-state index in [0.717, 1.165) is 25.1 Å². The lowest BCUT2D eigenvalue weighted by Gasteiger charge is -2.31. The van der Waals surface area contributed by atoms with Crippen molar-refractivity contribution >= 4 is 5.78 Å². The molecule has 1 aliphatic rings. The Balaban J connectivity index is 2.40. The van der Waals surface area contributed by atoms with Crippen LogP contribution < -0.4 is 5.32 Å². The highest BCUT2D eigenvalue weighted by Gasteiger charge is 2.43. The first kappa shape index (κ1) is 13.3. The maximum Gasteiger partial charge on any atom is 0.170 e. The van der Waals surface area contributed by atoms with Gasteiger partial charge in [-0.3, -0.25) is 4.79 Å². The summed E-state index contributed by atoms with van der Waals surface area (Å²) in [6, 6.07) is 6.17. The minimum atomic E-state index is -0.208. The van der Waals surface area contributed by atoms with Crippen molar-refractivity contribution in [3.8, 4) is 0 Å². The van der Waals surface area contributed by atoms with Gasteiger partial charge in [-0.05, 0) is 44.9 Å². The SMILES string of the molecule is Cc1cc(C)cc(C(=O)C2(C(C)C)CCNC2)c1. The molecule has 0 aliphatic carbocycles. The summed E-state index contributed by atoms with van der Waals surface area (Å²) in [5, 5.41) is 3.35. The zero-order chi connectivity index (χ0) is 13.3. The Hall–Kier alpha value is -1.15. The van der Waals surface area contributed by atoms with Gasteiger partial charge in [0.05, 0.1) is 0 Å². The van der Waals surface area contributed by atoms with Gasteiger partial charge in [0.15, 0.2) is 5.78 Å². The number of hydrogen-bond acceptors (Lipinski definition) is 2. The summed E-state index contributed by atoms with van der Waals surface area (Å²) < 4.78 is 0. The molecule has 0 bridgehead atoms. The second-order valence-corrected chi connectivity index (χ2v) is 5.94. The minimum Gasteiger partial charge on any atom is -0.316 e. The Morgan fingerprint density at radius 1 is 1.22 bits per heavy atom. The number of carbonyl (C=O) groups is 1. The summed E-state index contributed by atoms with van der Waals surface area (Å²) in [7, 11) is 0. The Kier molecular flexibility index (Phi) is 3.58. The van der Waals surface area contributed by atoms with Gasteiger partial charge in [0.2, 0.25) is 0 Å². The van der Waals surface area contributed by atoms with Crippen LogP contribution in [-0.4, -0.2) is 18.9 Å². The Morgan fingerprint density at radius 2 is 1.83 bits per heavy atom. The fourth-order valence-corrected chi connectivity index (χ4v) is 3.05. The highest BCUT2D eigenvalue weighted by molar-refractivity contribution is 6.01. The van der Waals surface area contributed by atoms with Crippen LogP contribution >= 0.6 is 0 Å². The molecule has 1 N–H and O–H groups in total. The first-order valence-corrected chi connectivity index (χ1v) is 6.79. The second-order valence-electron chi connectivity index (χ2n) is 5.94. The predicted octanol–water partition coefficient (Wildman–Crippen LogP) is 3.12. The number of Topliss-reactive ketones (excluding diaryl/α,β-unsaturated/α-hetero) is 1. The van der Waals surface area contributed by atoms with E-state index in [1.807, 2.05) is 12.1 Å². The van der Waals surface area contributed by atoms with E-state index in [1.165, 1.54) is 11.1 Å². The van der Waals surface area contributed by atoms with Gasteiger partial charge in [0.25, 0.3) is 0 Å². The number of benzene rings is 1. The summed E-state index contributed by atoms with van der Waals surface area (Å²) in [6.07, 6.45) is 0.955. The standard InChI is InChI=1S/C16H23NO/c1-11(2)16(5-6-17-10-16)15(18)14-8-12(3)7-13(4)9-14/h7-9,11,17H,5-6,10H2,1-4H3. The van der Waals surface area contributed by atoms with Crippen LogP contribution in [0.3, 0.4) is 0 Å². The summed E-state index contributed by atoms with van der Waals surface area (Å²) in [4.78, 5) is 12.9. The fraction of sp³-hybridized carbons (Fsp3) is 0.562. The Morgan fingerprint density at radius 3 is 2.28 bits per heavy atom. The van der Waals surface area contributed by atoms with Crippen LogP contribution in [0.5, 0.6) is 0 Å². The molecule has 0 spiro atoms. The smallest absolute Gasteiger partial charge is 0.170 e. The van der Waals surface area contributed by atoms with Gasteiger partial charge in [0.1, 0.15) is 0 Å². The lowest BCUT2D eigenvalue weighted by Crippen LogP contribution is -2.38. The van der Waals surface area contributed by atoms with E-state index in [-0.39, 0.29) is 5.41 Å². The summed E-state index contributed by atoms with van der Waals surface area (Å²) in [5.41, 5.74) is 3.01. The second kappa shape index (κ2) is 4.85. The molecule has 1 fully saturated rings. The number of ketones is 1. The average molecular weight is 245 g/mol. The topological polar surface area (TPSA) is 29.1 Å². The molecule has 2 nitrogen and oxygen atoms in total. The highest BCUT2D eigenvalue weighted by atomic mass is 16.1. The van der Waals surface area contributed by atoms with Gasteiger partial charge in [-0.2, -0.15) is 0 Å². The minimum absolute atomic E-state index is 0.208. The highest BCUT2D eigenvalue weighted by Crippen LogP contribution is 2.37. The molecule has 1 atom stereocenters. The quantitative estimate of drug-likeness (QED) is 0.829. The zero-order valence-corrected chi connectivity index (χ0v) is 11.8. The van der Waals surface area contributed by atoms with Gasteiger partial charge in [-0.1, -0.05) is 31.0 Å². The molecule has 1 aliphatic heterocycles. The number of hydrogen-bond donors (Lipinski definition) is 1. The van der Waals surface area contributed by atoms with Crippen LogP contribution in [0.4, 0.5) is 0 Å². The van der Waals surface area contributed by atoms with Gasteiger partial charge >= 0.3 is 0 Å². The van der Waals surface area contributed by atoms with Crippen molar-refractivity contribution in [1.29, 1.82) is 0 Å². The lowest BCUT2D eigenvalue weighted by atomic mass is 9.71. The maximum absolute atomic E-state index is 12.9. The Bertz CT molecular complexity index is 436. The molecule has 0 aromatic heterocycles. The van der Waals surface area contributed by atoms with Crippen molar-refractivity contribution in [2.75, 3.05) is 13.1 Å². The van der Waals surface area contributed by atoms with Crippen LogP contribution in [0.15, 0.2) is 18.2 Å². The fourth-order valence-electron chi connectivity index (χ4n) is 3.05. The van der Waals surface area contributed by atoms with E-state index in [9.17, 15) is 4.79 Å². The average Bonchev–Trinajstić information content (AvgIpc) is 2.76. The van der Waals surface area contributed by atoms with Crippen LogP contribution in [0.25, 0.3) is 0 Å². The van der Waals surface area contributed by atoms with Gasteiger partial charge < -0.3 is 5.32 Å². The van der Waals surface area contributed by atoms with Crippen molar-refractivity contribution in [3.63, 3.8) is 0 Å². The van der Waals surface area contributed by atoms with E-state index in [2.05, 4.69) is 39.1 Å². The van der Waals surface area contributed by atoms with Crippen molar-refractivity contribution < 1.29 is 4.79 Å². The molecule has 1 aromatic rings. The zero-order valence-electron chi connectivity index (χ0n) is 11.8. The molecule has 18 heavy (non-hydrogen) atoms. The molecule has 2 rings (SSSR count). The summed E-state index contributed by atoms with van der Waals surface area (Å²) in [6.45, 7) is 10.2. The number of nitrogens with one attached hydrogen (secondary N) is 1. The third-order valence-corrected chi connectivity index (χ3v) is 4.23. The van der Waals surface area contributed by atoms with Gasteiger partial charge in [0, 0.05) is 17.5 Å². The van der Waals surface area contributed by atoms with E-state index in [1.54, 1.807) is 0 Å². The van der Waals surface area contributed by atoms with Crippen molar-refractivity contribution in [3.05, 3.63) is 34.9 Å². The first-order chi connectivity index (χ1) is 8.45. The first-order valence-electron chi connectivity index (χ1n) is 6.79. The summed E-state index contributed by atoms with van der Waals surface area (Å²) in [5.74, 6) is 0.690. The van der Waals surface area contributed by atoms with E-state index in [0.29, 0.717) is 11.7 Å². The largest absolute Gasteiger partial charge is 0.316 e. The molecule has 1 saturated heterocycles. The number of aryl methyl sites for hydroxylation is 2. The molecule has 0 radical (unpaired) electrons. The van der Waals surface area contributed by atoms with Crippen molar-refractivity contribution in [1.82, 2.24) is 5.32 Å². The van der Waals surface area contributed by atoms with Gasteiger partial charge in [-0.25, -0.2) is 0 Å². The van der Waals surface area contributed by atoms with Crippen LogP contribution in [0, 0.1) is 25.2 Å². The number of rotatable bonds is 3. The molecule has 0 saturated carbocycles. The van der Waals surface area contributed by atoms with Crippen LogP contribution in [0.1, 0.15) is 41.8 Å². The van der Waals surface area contributed by atoms with Gasteiger partial charge in [-0.15, -0.1) is 0 Å². The predicted molar refractivity (Wildman–Crippen MR) is 75.0 cm³/mol. The van der Waals surface area contributed by atoms with Crippen LogP contribution in [0.2, 0.25) is 0 Å². The third kappa shape index (κ3) is 2.22. The molecule has 1 aromatic carbocycles. The maximum atomic E-state index is 12.9. The van der Waals surface area contributed by atoms with E-state index >= 15 is 0 Å². The summed E-state index contributed by atoms with van der Waals surface area (Å²) >= 11 is 0. The molecular weight excluding hydrogens is 222 g/mol. The van der Waals surface area contributed by atoms with E-state index < -0.39 is 0 Å². The molecule has 1 heterocycles. The number of carbonyl (C=O) groups excluding carboxylic acids is 1. The molecule has 2 heteroatoms. The Labute approximate surface area is 110 Å². The van der Waals surface area contributed by atoms with Crippen molar-refractivity contribution in [2.45, 2.75) is 34.1 Å². The van der Waals surface area contributed by atoms with Crippen LogP contribution in [-0.2, 0) is 0 Å². The van der Waals surface area contributed by atoms with E-state index in [4.69, 9.17) is 0 Å². The normalized spacial score (nSPS) is 23.6. The molecular formula is C16H23NO. The lowest BCUT2D eigenvalue weighted by molar-refractivity contribution is 0.0740. The monoisotopic (exact) mass is 245 g/mol. The molecule has 0 amide bonds. The van der Waals surface area contributed by atoms with Crippen molar-refractivity contribution in [2.24, 2.45) is 11.3 Å². The molecule has 98 valence electrons.